The minimum absolute atomic E-state index is 0.138. The van der Waals surface area contributed by atoms with Crippen molar-refractivity contribution in [3.8, 4) is 11.6 Å². The minimum Gasteiger partial charge on any atom is -0.437 e. The fraction of sp³-hybridized carbons (Fsp3) is 0.500. The summed E-state index contributed by atoms with van der Waals surface area (Å²) in [5.74, 6) is 1.97. The quantitative estimate of drug-likeness (QED) is 0.576. The number of aryl methyl sites for hydroxylation is 1. The Balaban J connectivity index is 2.01. The lowest BCUT2D eigenvalue weighted by molar-refractivity contribution is 0.135. The fourth-order valence-electron chi connectivity index (χ4n) is 3.79. The maximum Gasteiger partial charge on any atom is 0.243 e. The summed E-state index contributed by atoms with van der Waals surface area (Å²) in [7, 11) is 0. The van der Waals surface area contributed by atoms with Gasteiger partial charge in [0.15, 0.2) is 5.15 Å². The summed E-state index contributed by atoms with van der Waals surface area (Å²) in [5.41, 5.74) is 3.22. The highest BCUT2D eigenvalue weighted by Gasteiger charge is 2.30. The summed E-state index contributed by atoms with van der Waals surface area (Å²) in [6.07, 6.45) is 2.43. The van der Waals surface area contributed by atoms with Crippen molar-refractivity contribution in [1.29, 1.82) is 0 Å². The molecule has 5 heteroatoms. The number of nitrogens with zero attached hydrogens (tertiary/aromatic N) is 3. The van der Waals surface area contributed by atoms with E-state index in [4.69, 9.17) is 16.3 Å². The van der Waals surface area contributed by atoms with Crippen LogP contribution in [0.25, 0.3) is 0 Å². The molecule has 0 saturated heterocycles. The van der Waals surface area contributed by atoms with Crippen LogP contribution < -0.4 is 4.74 Å². The fourth-order valence-corrected chi connectivity index (χ4v) is 3.95. The van der Waals surface area contributed by atoms with E-state index in [0.29, 0.717) is 29.0 Å². The molecule has 145 valence electrons. The van der Waals surface area contributed by atoms with Gasteiger partial charge in [-0.1, -0.05) is 29.8 Å². The number of ether oxygens (including phenoxy) is 1. The zero-order chi connectivity index (χ0) is 19.7. The van der Waals surface area contributed by atoms with Crippen molar-refractivity contribution < 1.29 is 4.74 Å². The first kappa shape index (κ1) is 20.1. The first-order valence-corrected chi connectivity index (χ1v) is 10.1. The summed E-state index contributed by atoms with van der Waals surface area (Å²) in [4.78, 5) is 2.32. The SMILES string of the molecule is [CH2]C(c1cc(Cl)nnc1Oc1c(C)cccc1C1CC1)N(C(C)C)C(C)C. The van der Waals surface area contributed by atoms with Gasteiger partial charge in [0.1, 0.15) is 5.75 Å². The summed E-state index contributed by atoms with van der Waals surface area (Å²) in [5, 5.41) is 8.67. The van der Waals surface area contributed by atoms with Gasteiger partial charge in [-0.25, -0.2) is 0 Å². The molecular formula is C22H29ClN3O. The van der Waals surface area contributed by atoms with E-state index in [-0.39, 0.29) is 6.04 Å². The van der Waals surface area contributed by atoms with Gasteiger partial charge >= 0.3 is 0 Å². The van der Waals surface area contributed by atoms with Crippen LogP contribution >= 0.6 is 11.6 Å². The van der Waals surface area contributed by atoms with Crippen molar-refractivity contribution in [2.24, 2.45) is 0 Å². The monoisotopic (exact) mass is 386 g/mol. The van der Waals surface area contributed by atoms with E-state index in [2.05, 4.69) is 74.8 Å². The van der Waals surface area contributed by atoms with Crippen molar-refractivity contribution in [3.63, 3.8) is 0 Å². The van der Waals surface area contributed by atoms with Crippen molar-refractivity contribution in [3.05, 3.63) is 53.0 Å². The number of hydrogen-bond acceptors (Lipinski definition) is 4. The van der Waals surface area contributed by atoms with Crippen molar-refractivity contribution >= 4 is 11.6 Å². The number of benzene rings is 1. The second kappa shape index (κ2) is 8.15. The van der Waals surface area contributed by atoms with Crippen LogP contribution in [0.2, 0.25) is 5.15 Å². The molecule has 1 aliphatic rings. The van der Waals surface area contributed by atoms with Crippen molar-refractivity contribution in [2.75, 3.05) is 0 Å². The van der Waals surface area contributed by atoms with E-state index in [0.717, 1.165) is 16.9 Å². The topological polar surface area (TPSA) is 38.3 Å². The normalized spacial score (nSPS) is 15.6. The van der Waals surface area contributed by atoms with Gasteiger partial charge in [0.2, 0.25) is 5.88 Å². The third-order valence-electron chi connectivity index (χ3n) is 5.13. The van der Waals surface area contributed by atoms with E-state index in [9.17, 15) is 0 Å². The Morgan fingerprint density at radius 2 is 1.81 bits per heavy atom. The van der Waals surface area contributed by atoms with Gasteiger partial charge in [0, 0.05) is 23.7 Å². The largest absolute Gasteiger partial charge is 0.437 e. The molecule has 27 heavy (non-hydrogen) atoms. The number of halogens is 1. The van der Waals surface area contributed by atoms with Crippen LogP contribution in [0.5, 0.6) is 11.6 Å². The molecule has 0 spiro atoms. The Hall–Kier alpha value is -1.65. The zero-order valence-corrected chi connectivity index (χ0v) is 17.6. The molecule has 1 aromatic heterocycles. The van der Waals surface area contributed by atoms with E-state index >= 15 is 0 Å². The molecule has 1 unspecified atom stereocenters. The Morgan fingerprint density at radius 3 is 2.41 bits per heavy atom. The molecule has 0 amide bonds. The van der Waals surface area contributed by atoms with Gasteiger partial charge in [-0.05, 0) is 77.5 Å². The van der Waals surface area contributed by atoms with Crippen molar-refractivity contribution in [1.82, 2.24) is 15.1 Å². The molecule has 4 nitrogen and oxygen atoms in total. The van der Waals surface area contributed by atoms with E-state index < -0.39 is 0 Å². The second-order valence-electron chi connectivity index (χ2n) is 7.95. The molecule has 3 rings (SSSR count). The standard InChI is InChI=1S/C22H29ClN3O/c1-13(2)26(14(3)4)16(6)19-12-20(23)24-25-22(19)27-21-15(5)8-7-9-18(21)17-10-11-17/h7-9,12-14,16-17H,6,10-11H2,1-5H3. The van der Waals surface area contributed by atoms with Crippen LogP contribution in [0.15, 0.2) is 24.3 Å². The van der Waals surface area contributed by atoms with Crippen LogP contribution in [0.4, 0.5) is 0 Å². The Labute approximate surface area is 167 Å². The third-order valence-corrected chi connectivity index (χ3v) is 5.31. The van der Waals surface area contributed by atoms with Crippen LogP contribution in [-0.4, -0.2) is 27.2 Å². The lowest BCUT2D eigenvalue weighted by atomic mass is 10.0. The second-order valence-corrected chi connectivity index (χ2v) is 8.33. The maximum atomic E-state index is 6.36. The molecule has 1 saturated carbocycles. The van der Waals surface area contributed by atoms with Gasteiger partial charge in [-0.15, -0.1) is 10.2 Å². The molecule has 1 fully saturated rings. The molecular weight excluding hydrogens is 358 g/mol. The highest BCUT2D eigenvalue weighted by atomic mass is 35.5. The lowest BCUT2D eigenvalue weighted by Gasteiger charge is -2.36. The summed E-state index contributed by atoms with van der Waals surface area (Å²) in [6.45, 7) is 15.1. The molecule has 0 bridgehead atoms. The molecule has 1 radical (unpaired) electrons. The smallest absolute Gasteiger partial charge is 0.243 e. The Bertz CT molecular complexity index is 794. The number of aromatic nitrogens is 2. The third kappa shape index (κ3) is 4.44. The maximum absolute atomic E-state index is 6.36. The van der Waals surface area contributed by atoms with Crippen molar-refractivity contribution in [2.45, 2.75) is 71.5 Å². The molecule has 1 atom stereocenters. The molecule has 1 aliphatic carbocycles. The van der Waals surface area contributed by atoms with E-state index in [1.807, 2.05) is 6.07 Å². The number of rotatable bonds is 7. The highest BCUT2D eigenvalue weighted by Crippen LogP contribution is 2.46. The molecule has 0 N–H and O–H groups in total. The van der Waals surface area contributed by atoms with Crippen LogP contribution in [-0.2, 0) is 0 Å². The van der Waals surface area contributed by atoms with Gasteiger partial charge in [0.25, 0.3) is 0 Å². The zero-order valence-electron chi connectivity index (χ0n) is 16.9. The van der Waals surface area contributed by atoms with Crippen LogP contribution in [0, 0.1) is 13.8 Å². The molecule has 0 aliphatic heterocycles. The van der Waals surface area contributed by atoms with Gasteiger partial charge in [0.05, 0.1) is 0 Å². The lowest BCUT2D eigenvalue weighted by Crippen LogP contribution is -2.39. The van der Waals surface area contributed by atoms with Crippen LogP contribution in [0.1, 0.15) is 69.2 Å². The summed E-state index contributed by atoms with van der Waals surface area (Å²) in [6, 6.07) is 8.66. The predicted octanol–water partition coefficient (Wildman–Crippen LogP) is 6.10. The Morgan fingerprint density at radius 1 is 1.15 bits per heavy atom. The summed E-state index contributed by atoms with van der Waals surface area (Å²) < 4.78 is 6.36. The van der Waals surface area contributed by atoms with Gasteiger partial charge in [-0.2, -0.15) is 0 Å². The minimum atomic E-state index is -0.138. The van der Waals surface area contributed by atoms with E-state index in [1.54, 1.807) is 0 Å². The molecule has 1 heterocycles. The van der Waals surface area contributed by atoms with Crippen LogP contribution in [0.3, 0.4) is 0 Å². The molecule has 2 aromatic rings. The Kier molecular flexibility index (Phi) is 6.07. The average Bonchev–Trinajstić information content (AvgIpc) is 3.42. The highest BCUT2D eigenvalue weighted by molar-refractivity contribution is 6.29. The number of para-hydroxylation sites is 1. The summed E-state index contributed by atoms with van der Waals surface area (Å²) >= 11 is 6.18. The number of hydrogen-bond donors (Lipinski definition) is 0. The van der Waals surface area contributed by atoms with Gasteiger partial charge in [-0.3, -0.25) is 4.90 Å². The predicted molar refractivity (Wildman–Crippen MR) is 110 cm³/mol. The molecule has 1 aromatic carbocycles. The first-order chi connectivity index (χ1) is 12.8. The van der Waals surface area contributed by atoms with Gasteiger partial charge < -0.3 is 4.74 Å². The van der Waals surface area contributed by atoms with E-state index in [1.165, 1.54) is 18.4 Å². The first-order valence-electron chi connectivity index (χ1n) is 9.70. The average molecular weight is 387 g/mol.